The van der Waals surface area contributed by atoms with Gasteiger partial charge in [-0.05, 0) is 31.5 Å². The minimum Gasteiger partial charge on any atom is -0.508 e. The number of nitrogens with one attached hydrogen (secondary N) is 1. The van der Waals surface area contributed by atoms with Gasteiger partial charge >= 0.3 is 0 Å². The SMILES string of the molecule is C=CC(C)NC(CC)c1cc(Br)ccc1O. The van der Waals surface area contributed by atoms with Crippen LogP contribution in [0.1, 0.15) is 31.9 Å². The average molecular weight is 284 g/mol. The summed E-state index contributed by atoms with van der Waals surface area (Å²) in [5.74, 6) is 0.332. The van der Waals surface area contributed by atoms with Crippen LogP contribution in [0.2, 0.25) is 0 Å². The molecule has 0 bridgehead atoms. The van der Waals surface area contributed by atoms with Gasteiger partial charge in [-0.15, -0.1) is 6.58 Å². The monoisotopic (exact) mass is 283 g/mol. The number of phenols is 1. The van der Waals surface area contributed by atoms with Crippen LogP contribution in [-0.4, -0.2) is 11.1 Å². The molecule has 0 aromatic heterocycles. The Labute approximate surface area is 106 Å². The predicted molar refractivity (Wildman–Crippen MR) is 71.6 cm³/mol. The van der Waals surface area contributed by atoms with E-state index in [1.807, 2.05) is 25.1 Å². The molecule has 0 radical (unpaired) electrons. The molecule has 0 spiro atoms. The van der Waals surface area contributed by atoms with Gasteiger partial charge in [0.2, 0.25) is 0 Å². The van der Waals surface area contributed by atoms with Crippen molar-refractivity contribution in [3.05, 3.63) is 40.9 Å². The van der Waals surface area contributed by atoms with E-state index in [9.17, 15) is 5.11 Å². The Hall–Kier alpha value is -0.800. The third-order valence-corrected chi connectivity index (χ3v) is 3.08. The molecule has 0 heterocycles. The molecule has 0 amide bonds. The standard InChI is InChI=1S/C13H18BrNO/c1-4-9(3)15-12(5-2)11-8-10(14)6-7-13(11)16/h4,6-9,12,15-16H,1,5H2,2-3H3. The first kappa shape index (κ1) is 13.3. The van der Waals surface area contributed by atoms with Crippen molar-refractivity contribution in [2.75, 3.05) is 0 Å². The number of benzene rings is 1. The van der Waals surface area contributed by atoms with Crippen LogP contribution in [0.25, 0.3) is 0 Å². The van der Waals surface area contributed by atoms with E-state index in [4.69, 9.17) is 0 Å². The molecule has 0 aliphatic carbocycles. The molecule has 0 fully saturated rings. The minimum absolute atomic E-state index is 0.144. The third-order valence-electron chi connectivity index (χ3n) is 2.59. The van der Waals surface area contributed by atoms with Crippen LogP contribution in [0, 0.1) is 0 Å². The highest BCUT2D eigenvalue weighted by atomic mass is 79.9. The minimum atomic E-state index is 0.144. The Morgan fingerprint density at radius 2 is 2.25 bits per heavy atom. The summed E-state index contributed by atoms with van der Waals surface area (Å²) in [6.45, 7) is 7.88. The zero-order chi connectivity index (χ0) is 12.1. The summed E-state index contributed by atoms with van der Waals surface area (Å²) < 4.78 is 0.979. The topological polar surface area (TPSA) is 32.3 Å². The van der Waals surface area contributed by atoms with Gasteiger partial charge < -0.3 is 10.4 Å². The Balaban J connectivity index is 2.93. The Morgan fingerprint density at radius 1 is 1.56 bits per heavy atom. The van der Waals surface area contributed by atoms with E-state index in [1.54, 1.807) is 6.07 Å². The van der Waals surface area contributed by atoms with E-state index in [0.29, 0.717) is 5.75 Å². The summed E-state index contributed by atoms with van der Waals surface area (Å²) in [5, 5.41) is 13.2. The molecule has 2 N–H and O–H groups in total. The van der Waals surface area contributed by atoms with Crippen LogP contribution in [0.4, 0.5) is 0 Å². The van der Waals surface area contributed by atoms with E-state index in [-0.39, 0.29) is 12.1 Å². The number of hydrogen-bond donors (Lipinski definition) is 2. The second kappa shape index (κ2) is 6.06. The maximum absolute atomic E-state index is 9.84. The maximum Gasteiger partial charge on any atom is 0.120 e. The molecule has 0 saturated heterocycles. The highest BCUT2D eigenvalue weighted by Crippen LogP contribution is 2.29. The predicted octanol–water partition coefficient (Wildman–Crippen LogP) is 3.77. The van der Waals surface area contributed by atoms with Crippen LogP contribution in [0.5, 0.6) is 5.75 Å². The molecule has 88 valence electrons. The molecule has 1 aromatic carbocycles. The number of hydrogen-bond acceptors (Lipinski definition) is 2. The zero-order valence-electron chi connectivity index (χ0n) is 9.70. The molecule has 2 atom stereocenters. The molecule has 2 unspecified atom stereocenters. The van der Waals surface area contributed by atoms with Crippen molar-refractivity contribution in [3.8, 4) is 5.75 Å². The quantitative estimate of drug-likeness (QED) is 0.807. The molecule has 2 nitrogen and oxygen atoms in total. The lowest BCUT2D eigenvalue weighted by Crippen LogP contribution is -2.28. The normalized spacial score (nSPS) is 14.4. The summed E-state index contributed by atoms with van der Waals surface area (Å²) >= 11 is 3.42. The van der Waals surface area contributed by atoms with E-state index < -0.39 is 0 Å². The van der Waals surface area contributed by atoms with Gasteiger partial charge in [0.15, 0.2) is 0 Å². The molecule has 0 aliphatic rings. The van der Waals surface area contributed by atoms with Crippen molar-refractivity contribution >= 4 is 15.9 Å². The lowest BCUT2D eigenvalue weighted by Gasteiger charge is -2.21. The number of rotatable bonds is 5. The molecule has 1 rings (SSSR count). The van der Waals surface area contributed by atoms with Crippen molar-refractivity contribution in [2.24, 2.45) is 0 Å². The first-order valence-corrected chi connectivity index (χ1v) is 6.24. The van der Waals surface area contributed by atoms with Crippen LogP contribution in [0.3, 0.4) is 0 Å². The van der Waals surface area contributed by atoms with Crippen LogP contribution >= 0.6 is 15.9 Å². The molecular formula is C13H18BrNO. The van der Waals surface area contributed by atoms with E-state index in [0.717, 1.165) is 16.5 Å². The largest absolute Gasteiger partial charge is 0.508 e. The van der Waals surface area contributed by atoms with Crippen molar-refractivity contribution in [1.82, 2.24) is 5.32 Å². The first-order valence-electron chi connectivity index (χ1n) is 5.45. The van der Waals surface area contributed by atoms with Crippen molar-refractivity contribution < 1.29 is 5.11 Å². The highest BCUT2D eigenvalue weighted by molar-refractivity contribution is 9.10. The van der Waals surface area contributed by atoms with Crippen LogP contribution in [0.15, 0.2) is 35.3 Å². The van der Waals surface area contributed by atoms with Gasteiger partial charge in [-0.1, -0.05) is 28.9 Å². The van der Waals surface area contributed by atoms with Crippen molar-refractivity contribution in [2.45, 2.75) is 32.4 Å². The second-order valence-electron chi connectivity index (χ2n) is 3.86. The van der Waals surface area contributed by atoms with Gasteiger partial charge in [0.1, 0.15) is 5.75 Å². The molecule has 0 aliphatic heterocycles. The first-order chi connectivity index (χ1) is 7.58. The fraction of sp³-hybridized carbons (Fsp3) is 0.385. The summed E-state index contributed by atoms with van der Waals surface area (Å²) in [4.78, 5) is 0. The summed E-state index contributed by atoms with van der Waals surface area (Å²) in [7, 11) is 0. The zero-order valence-corrected chi connectivity index (χ0v) is 11.3. The molecular weight excluding hydrogens is 266 g/mol. The van der Waals surface area contributed by atoms with Gasteiger partial charge in [0.25, 0.3) is 0 Å². The summed E-state index contributed by atoms with van der Waals surface area (Å²) in [6.07, 6.45) is 2.78. The summed E-state index contributed by atoms with van der Waals surface area (Å²) in [6, 6.07) is 5.87. The maximum atomic E-state index is 9.84. The average Bonchev–Trinajstić information content (AvgIpc) is 2.29. The van der Waals surface area contributed by atoms with Gasteiger partial charge in [0, 0.05) is 22.1 Å². The Morgan fingerprint density at radius 3 is 2.81 bits per heavy atom. The van der Waals surface area contributed by atoms with Gasteiger partial charge in [-0.2, -0.15) is 0 Å². The fourth-order valence-corrected chi connectivity index (χ4v) is 2.00. The summed E-state index contributed by atoms with van der Waals surface area (Å²) in [5.41, 5.74) is 0.922. The number of phenolic OH excluding ortho intramolecular Hbond substituents is 1. The Bertz CT molecular complexity index is 365. The second-order valence-corrected chi connectivity index (χ2v) is 4.77. The lowest BCUT2D eigenvalue weighted by atomic mass is 10.0. The van der Waals surface area contributed by atoms with Crippen molar-refractivity contribution in [1.29, 1.82) is 0 Å². The molecule has 3 heteroatoms. The molecule has 1 aromatic rings. The Kier molecular flexibility index (Phi) is 5.03. The fourth-order valence-electron chi connectivity index (χ4n) is 1.62. The van der Waals surface area contributed by atoms with E-state index in [2.05, 4.69) is 34.7 Å². The van der Waals surface area contributed by atoms with Gasteiger partial charge in [-0.25, -0.2) is 0 Å². The van der Waals surface area contributed by atoms with E-state index in [1.165, 1.54) is 0 Å². The smallest absolute Gasteiger partial charge is 0.120 e. The number of halogens is 1. The lowest BCUT2D eigenvalue weighted by molar-refractivity contribution is 0.433. The van der Waals surface area contributed by atoms with Crippen LogP contribution in [-0.2, 0) is 0 Å². The number of aromatic hydroxyl groups is 1. The van der Waals surface area contributed by atoms with Gasteiger partial charge in [0.05, 0.1) is 0 Å². The molecule has 16 heavy (non-hydrogen) atoms. The van der Waals surface area contributed by atoms with Crippen LogP contribution < -0.4 is 5.32 Å². The van der Waals surface area contributed by atoms with Crippen molar-refractivity contribution in [3.63, 3.8) is 0 Å². The third kappa shape index (κ3) is 3.35. The van der Waals surface area contributed by atoms with Gasteiger partial charge in [-0.3, -0.25) is 0 Å². The van der Waals surface area contributed by atoms with E-state index >= 15 is 0 Å². The highest BCUT2D eigenvalue weighted by Gasteiger charge is 2.14. The molecule has 0 saturated carbocycles.